The van der Waals surface area contributed by atoms with Crippen molar-refractivity contribution in [3.8, 4) is 0 Å². The van der Waals surface area contributed by atoms with E-state index in [1.807, 2.05) is 19.9 Å². The molecule has 0 amide bonds. The summed E-state index contributed by atoms with van der Waals surface area (Å²) in [6.45, 7) is 7.11. The highest BCUT2D eigenvalue weighted by Crippen LogP contribution is 2.28. The lowest BCUT2D eigenvalue weighted by molar-refractivity contribution is 0.464. The van der Waals surface area contributed by atoms with Gasteiger partial charge in [-0.25, -0.2) is 8.42 Å². The monoisotopic (exact) mass is 301 g/mol. The van der Waals surface area contributed by atoms with Crippen molar-refractivity contribution < 1.29 is 8.42 Å². The Morgan fingerprint density at radius 1 is 1.37 bits per heavy atom. The molecule has 19 heavy (non-hydrogen) atoms. The van der Waals surface area contributed by atoms with Gasteiger partial charge in [0.15, 0.2) is 0 Å². The van der Waals surface area contributed by atoms with Crippen molar-refractivity contribution >= 4 is 21.6 Å². The normalized spacial score (nSPS) is 20.9. The van der Waals surface area contributed by atoms with Crippen molar-refractivity contribution in [3.63, 3.8) is 0 Å². The fraction of sp³-hybridized carbons (Fsp3) is 0.571. The lowest BCUT2D eigenvalue weighted by Crippen LogP contribution is -2.29. The highest BCUT2D eigenvalue weighted by atomic mass is 35.5. The van der Waals surface area contributed by atoms with Crippen LogP contribution in [-0.2, 0) is 15.9 Å². The first kappa shape index (κ1) is 14.8. The third-order valence-electron chi connectivity index (χ3n) is 3.84. The maximum atomic E-state index is 12.7. The van der Waals surface area contributed by atoms with Crippen LogP contribution in [0.15, 0.2) is 17.0 Å². The van der Waals surface area contributed by atoms with E-state index in [4.69, 9.17) is 11.6 Å². The minimum atomic E-state index is -3.38. The first-order chi connectivity index (χ1) is 8.86. The van der Waals surface area contributed by atoms with Crippen molar-refractivity contribution in [1.82, 2.24) is 4.31 Å². The minimum Gasteiger partial charge on any atom is -0.207 e. The predicted molar refractivity (Wildman–Crippen MR) is 78.0 cm³/mol. The molecule has 1 aromatic rings. The van der Waals surface area contributed by atoms with Gasteiger partial charge in [0.1, 0.15) is 0 Å². The van der Waals surface area contributed by atoms with Gasteiger partial charge in [-0.05, 0) is 48.9 Å². The average Bonchev–Trinajstić information content (AvgIpc) is 2.79. The zero-order valence-corrected chi connectivity index (χ0v) is 13.2. The van der Waals surface area contributed by atoms with Crippen molar-refractivity contribution in [1.29, 1.82) is 0 Å². The minimum absolute atomic E-state index is 0.333. The molecule has 1 atom stereocenters. The number of rotatable bonds is 3. The van der Waals surface area contributed by atoms with E-state index in [-0.39, 0.29) is 0 Å². The van der Waals surface area contributed by atoms with Crippen molar-refractivity contribution in [2.75, 3.05) is 13.1 Å². The smallest absolute Gasteiger partial charge is 0.207 e. The van der Waals surface area contributed by atoms with E-state index >= 15 is 0 Å². The summed E-state index contributed by atoms with van der Waals surface area (Å²) in [4.78, 5) is 0.414. The lowest BCUT2D eigenvalue weighted by Gasteiger charge is -2.19. The summed E-state index contributed by atoms with van der Waals surface area (Å²) >= 11 is 5.85. The maximum absolute atomic E-state index is 12.7. The number of nitrogens with zero attached hydrogens (tertiary/aromatic N) is 1. The summed E-state index contributed by atoms with van der Waals surface area (Å²) in [6, 6.07) is 3.67. The fourth-order valence-corrected chi connectivity index (χ4v) is 4.57. The van der Waals surface area contributed by atoms with Gasteiger partial charge in [0.05, 0.1) is 4.90 Å². The molecule has 106 valence electrons. The number of benzene rings is 1. The van der Waals surface area contributed by atoms with Gasteiger partial charge < -0.3 is 0 Å². The molecule has 0 bridgehead atoms. The Balaban J connectivity index is 2.48. The van der Waals surface area contributed by atoms with E-state index in [0.717, 1.165) is 23.1 Å². The summed E-state index contributed by atoms with van der Waals surface area (Å²) in [5.41, 5.74) is 2.66. The van der Waals surface area contributed by atoms with E-state index in [1.165, 1.54) is 0 Å². The van der Waals surface area contributed by atoms with E-state index in [1.54, 1.807) is 10.4 Å². The Morgan fingerprint density at radius 2 is 2.05 bits per heavy atom. The molecule has 5 heteroatoms. The quantitative estimate of drug-likeness (QED) is 0.805. The molecule has 1 heterocycles. The van der Waals surface area contributed by atoms with Crippen molar-refractivity contribution in [2.45, 2.75) is 38.0 Å². The molecule has 0 aliphatic carbocycles. The number of hydrogen-bond donors (Lipinski definition) is 0. The predicted octanol–water partition coefficient (Wildman–Crippen LogP) is 3.07. The van der Waals surface area contributed by atoms with Crippen LogP contribution in [0.2, 0.25) is 0 Å². The van der Waals surface area contributed by atoms with E-state index in [9.17, 15) is 8.42 Å². The van der Waals surface area contributed by atoms with Gasteiger partial charge in [0.2, 0.25) is 10.0 Å². The zero-order valence-electron chi connectivity index (χ0n) is 11.6. The van der Waals surface area contributed by atoms with Crippen molar-refractivity contribution in [3.05, 3.63) is 28.8 Å². The van der Waals surface area contributed by atoms with Crippen LogP contribution in [0, 0.1) is 19.8 Å². The molecule has 1 aliphatic rings. The van der Waals surface area contributed by atoms with Gasteiger partial charge in [0, 0.05) is 19.0 Å². The first-order valence-electron chi connectivity index (χ1n) is 6.52. The number of halogens is 1. The highest BCUT2D eigenvalue weighted by molar-refractivity contribution is 7.89. The second kappa shape index (κ2) is 5.43. The van der Waals surface area contributed by atoms with Gasteiger partial charge in [-0.3, -0.25) is 0 Å². The molecule has 0 radical (unpaired) electrons. The Kier molecular flexibility index (Phi) is 4.23. The van der Waals surface area contributed by atoms with Crippen LogP contribution < -0.4 is 0 Å². The van der Waals surface area contributed by atoms with Gasteiger partial charge in [-0.2, -0.15) is 4.31 Å². The molecular formula is C14H20ClNO2S. The van der Waals surface area contributed by atoms with Gasteiger partial charge in [0.25, 0.3) is 0 Å². The molecule has 0 spiro atoms. The SMILES string of the molecule is Cc1cc(CCl)cc(S(=O)(=O)N2CCC(C)C2)c1C. The molecule has 0 N–H and O–H groups in total. The molecule has 0 saturated carbocycles. The molecule has 1 aliphatic heterocycles. The largest absolute Gasteiger partial charge is 0.243 e. The van der Waals surface area contributed by atoms with Crippen LogP contribution in [-0.4, -0.2) is 25.8 Å². The molecule has 0 aromatic heterocycles. The van der Waals surface area contributed by atoms with Crippen LogP contribution in [0.1, 0.15) is 30.0 Å². The van der Waals surface area contributed by atoms with E-state index in [2.05, 4.69) is 6.92 Å². The zero-order chi connectivity index (χ0) is 14.2. The molecular weight excluding hydrogens is 282 g/mol. The second-order valence-electron chi connectivity index (χ2n) is 5.43. The Morgan fingerprint density at radius 3 is 2.58 bits per heavy atom. The lowest BCUT2D eigenvalue weighted by atomic mass is 10.1. The average molecular weight is 302 g/mol. The van der Waals surface area contributed by atoms with Gasteiger partial charge in [-0.15, -0.1) is 11.6 Å². The standard InChI is InChI=1S/C14H20ClNO2S/c1-10-4-5-16(9-10)19(17,18)14-7-13(8-15)6-11(2)12(14)3/h6-7,10H,4-5,8-9H2,1-3H3. The Bertz CT molecular complexity index is 583. The van der Waals surface area contributed by atoms with Crippen LogP contribution >= 0.6 is 11.6 Å². The molecule has 1 fully saturated rings. The first-order valence-corrected chi connectivity index (χ1v) is 8.50. The van der Waals surface area contributed by atoms with E-state index in [0.29, 0.717) is 29.8 Å². The Hall–Kier alpha value is -0.580. The second-order valence-corrected chi connectivity index (χ2v) is 7.60. The Labute approximate surface area is 120 Å². The maximum Gasteiger partial charge on any atom is 0.243 e. The van der Waals surface area contributed by atoms with Crippen LogP contribution in [0.5, 0.6) is 0 Å². The topological polar surface area (TPSA) is 37.4 Å². The highest BCUT2D eigenvalue weighted by Gasteiger charge is 2.32. The van der Waals surface area contributed by atoms with Gasteiger partial charge >= 0.3 is 0 Å². The third kappa shape index (κ3) is 2.81. The summed E-state index contributed by atoms with van der Waals surface area (Å²) in [6.07, 6.45) is 0.937. The third-order valence-corrected chi connectivity index (χ3v) is 6.14. The fourth-order valence-electron chi connectivity index (χ4n) is 2.50. The summed E-state index contributed by atoms with van der Waals surface area (Å²) in [5, 5.41) is 0. The summed E-state index contributed by atoms with van der Waals surface area (Å²) < 4.78 is 27.0. The number of sulfonamides is 1. The molecule has 1 unspecified atom stereocenters. The number of hydrogen-bond acceptors (Lipinski definition) is 2. The van der Waals surface area contributed by atoms with Gasteiger partial charge in [-0.1, -0.05) is 13.0 Å². The number of alkyl halides is 1. The van der Waals surface area contributed by atoms with E-state index < -0.39 is 10.0 Å². The molecule has 1 aromatic carbocycles. The number of aryl methyl sites for hydroxylation is 1. The molecule has 1 saturated heterocycles. The molecule has 2 rings (SSSR count). The van der Waals surface area contributed by atoms with Crippen LogP contribution in [0.25, 0.3) is 0 Å². The van der Waals surface area contributed by atoms with Crippen LogP contribution in [0.3, 0.4) is 0 Å². The summed E-state index contributed by atoms with van der Waals surface area (Å²) in [5.74, 6) is 0.771. The molecule has 3 nitrogen and oxygen atoms in total. The summed E-state index contributed by atoms with van der Waals surface area (Å²) in [7, 11) is -3.38. The van der Waals surface area contributed by atoms with Crippen molar-refractivity contribution in [2.24, 2.45) is 5.92 Å². The van der Waals surface area contributed by atoms with Crippen LogP contribution in [0.4, 0.5) is 0 Å².